The Morgan fingerprint density at radius 3 is 2.50 bits per heavy atom. The Bertz CT molecular complexity index is 748. The minimum atomic E-state index is -0.327. The molecule has 1 aromatic carbocycles. The quantitative estimate of drug-likeness (QED) is 0.852. The van der Waals surface area contributed by atoms with Crippen LogP contribution in [0.5, 0.6) is 0 Å². The van der Waals surface area contributed by atoms with E-state index in [1.165, 1.54) is 11.9 Å². The lowest BCUT2D eigenvalue weighted by Crippen LogP contribution is -2.48. The molecule has 138 valence electrons. The number of aromatic amines is 1. The number of benzene rings is 1. The maximum atomic E-state index is 12.8. The van der Waals surface area contributed by atoms with Crippen molar-refractivity contribution in [2.45, 2.75) is 26.4 Å². The SMILES string of the molecule is CC(C)NC(=O)c1nc[nH]c1C(=O)N1CCN(Cc2ccccc2)CC1. The first-order valence-electron chi connectivity index (χ1n) is 8.94. The number of nitrogens with zero attached hydrogens (tertiary/aromatic N) is 3. The monoisotopic (exact) mass is 355 g/mol. The molecule has 0 bridgehead atoms. The van der Waals surface area contributed by atoms with Crippen LogP contribution in [-0.2, 0) is 6.54 Å². The number of nitrogens with one attached hydrogen (secondary N) is 2. The van der Waals surface area contributed by atoms with E-state index in [-0.39, 0.29) is 29.2 Å². The number of rotatable bonds is 5. The highest BCUT2D eigenvalue weighted by Crippen LogP contribution is 2.13. The summed E-state index contributed by atoms with van der Waals surface area (Å²) < 4.78 is 0. The molecule has 1 aliphatic rings. The fourth-order valence-corrected chi connectivity index (χ4v) is 3.07. The first-order valence-corrected chi connectivity index (χ1v) is 8.94. The summed E-state index contributed by atoms with van der Waals surface area (Å²) in [5.74, 6) is -0.497. The van der Waals surface area contributed by atoms with Crippen molar-refractivity contribution >= 4 is 11.8 Å². The number of carbonyl (C=O) groups excluding carboxylic acids is 2. The third-order valence-electron chi connectivity index (χ3n) is 4.40. The molecule has 1 aliphatic heterocycles. The number of piperazine rings is 1. The lowest BCUT2D eigenvalue weighted by molar-refractivity contribution is 0.0619. The first kappa shape index (κ1) is 18.1. The number of hydrogen-bond donors (Lipinski definition) is 2. The summed E-state index contributed by atoms with van der Waals surface area (Å²) in [7, 11) is 0. The summed E-state index contributed by atoms with van der Waals surface area (Å²) in [4.78, 5) is 36.0. The lowest BCUT2D eigenvalue weighted by atomic mass is 10.2. The predicted molar refractivity (Wildman–Crippen MR) is 98.8 cm³/mol. The molecule has 7 nitrogen and oxygen atoms in total. The summed E-state index contributed by atoms with van der Waals surface area (Å²) in [5, 5.41) is 2.78. The van der Waals surface area contributed by atoms with Crippen LogP contribution in [-0.4, -0.2) is 63.8 Å². The van der Waals surface area contributed by atoms with Gasteiger partial charge in [-0.3, -0.25) is 14.5 Å². The van der Waals surface area contributed by atoms with Crippen molar-refractivity contribution in [2.75, 3.05) is 26.2 Å². The van der Waals surface area contributed by atoms with Crippen molar-refractivity contribution in [3.8, 4) is 0 Å². The third-order valence-corrected chi connectivity index (χ3v) is 4.40. The van der Waals surface area contributed by atoms with Crippen LogP contribution >= 0.6 is 0 Å². The summed E-state index contributed by atoms with van der Waals surface area (Å²) in [5.41, 5.74) is 1.70. The zero-order chi connectivity index (χ0) is 18.5. The molecule has 26 heavy (non-hydrogen) atoms. The molecule has 0 unspecified atom stereocenters. The predicted octanol–water partition coefficient (Wildman–Crippen LogP) is 1.51. The molecular weight excluding hydrogens is 330 g/mol. The van der Waals surface area contributed by atoms with Gasteiger partial charge >= 0.3 is 0 Å². The van der Waals surface area contributed by atoms with Crippen LogP contribution in [0.2, 0.25) is 0 Å². The molecule has 2 N–H and O–H groups in total. The van der Waals surface area contributed by atoms with Gasteiger partial charge in [0.25, 0.3) is 11.8 Å². The van der Waals surface area contributed by atoms with Gasteiger partial charge in [0.2, 0.25) is 0 Å². The van der Waals surface area contributed by atoms with Crippen molar-refractivity contribution in [1.29, 1.82) is 0 Å². The van der Waals surface area contributed by atoms with Crippen molar-refractivity contribution in [2.24, 2.45) is 0 Å². The topological polar surface area (TPSA) is 81.3 Å². The smallest absolute Gasteiger partial charge is 0.272 e. The van der Waals surface area contributed by atoms with Crippen molar-refractivity contribution in [3.05, 3.63) is 53.6 Å². The molecule has 0 radical (unpaired) electrons. The number of H-pyrrole nitrogens is 1. The molecule has 7 heteroatoms. The molecule has 1 aromatic heterocycles. The van der Waals surface area contributed by atoms with Crippen LogP contribution in [0.25, 0.3) is 0 Å². The Morgan fingerprint density at radius 1 is 1.15 bits per heavy atom. The second kappa shape index (κ2) is 8.14. The van der Waals surface area contributed by atoms with Crippen molar-refractivity contribution in [3.63, 3.8) is 0 Å². The van der Waals surface area contributed by atoms with Crippen LogP contribution in [0.1, 0.15) is 40.4 Å². The average Bonchev–Trinajstić information content (AvgIpc) is 3.12. The van der Waals surface area contributed by atoms with E-state index in [4.69, 9.17) is 0 Å². The Kier molecular flexibility index (Phi) is 5.68. The van der Waals surface area contributed by atoms with Crippen LogP contribution in [0.3, 0.4) is 0 Å². The highest BCUT2D eigenvalue weighted by Gasteiger charge is 2.27. The molecule has 0 spiro atoms. The zero-order valence-corrected chi connectivity index (χ0v) is 15.2. The van der Waals surface area contributed by atoms with Gasteiger partial charge in [0.05, 0.1) is 6.33 Å². The van der Waals surface area contributed by atoms with E-state index in [2.05, 4.69) is 32.3 Å². The van der Waals surface area contributed by atoms with Crippen LogP contribution in [0.4, 0.5) is 0 Å². The van der Waals surface area contributed by atoms with Gasteiger partial charge in [-0.25, -0.2) is 4.98 Å². The summed E-state index contributed by atoms with van der Waals surface area (Å²) in [6, 6.07) is 10.3. The first-order chi connectivity index (χ1) is 12.5. The molecule has 1 fully saturated rings. The molecule has 3 rings (SSSR count). The summed E-state index contributed by atoms with van der Waals surface area (Å²) in [6.07, 6.45) is 1.40. The third kappa shape index (κ3) is 4.29. The molecule has 1 saturated heterocycles. The molecule has 0 saturated carbocycles. The van der Waals surface area contributed by atoms with Gasteiger partial charge in [0, 0.05) is 38.8 Å². The second-order valence-corrected chi connectivity index (χ2v) is 6.81. The standard InChI is InChI=1S/C19H25N5O2/c1-14(2)22-18(25)16-17(21-13-20-16)19(26)24-10-8-23(9-11-24)12-15-6-4-3-5-7-15/h3-7,13-14H,8-12H2,1-2H3,(H,20,21)(H,22,25). The highest BCUT2D eigenvalue weighted by molar-refractivity contribution is 6.04. The van der Waals surface area contributed by atoms with Gasteiger partial charge in [-0.2, -0.15) is 0 Å². The second-order valence-electron chi connectivity index (χ2n) is 6.81. The van der Waals surface area contributed by atoms with E-state index in [9.17, 15) is 9.59 Å². The molecule has 0 aliphatic carbocycles. The van der Waals surface area contributed by atoms with Gasteiger partial charge in [0.1, 0.15) is 5.69 Å². The summed E-state index contributed by atoms with van der Waals surface area (Å²) in [6.45, 7) is 7.52. The highest BCUT2D eigenvalue weighted by atomic mass is 16.2. The van der Waals surface area contributed by atoms with Crippen LogP contribution in [0, 0.1) is 0 Å². The fraction of sp³-hybridized carbons (Fsp3) is 0.421. The van der Waals surface area contributed by atoms with E-state index >= 15 is 0 Å². The molecule has 0 atom stereocenters. The lowest BCUT2D eigenvalue weighted by Gasteiger charge is -2.34. The zero-order valence-electron chi connectivity index (χ0n) is 15.2. The van der Waals surface area contributed by atoms with E-state index < -0.39 is 0 Å². The molecular formula is C19H25N5O2. The van der Waals surface area contributed by atoms with Crippen molar-refractivity contribution in [1.82, 2.24) is 25.1 Å². The minimum Gasteiger partial charge on any atom is -0.348 e. The summed E-state index contributed by atoms with van der Waals surface area (Å²) >= 11 is 0. The Hall–Kier alpha value is -2.67. The fourth-order valence-electron chi connectivity index (χ4n) is 3.07. The molecule has 2 aromatic rings. The Labute approximate surface area is 153 Å². The maximum absolute atomic E-state index is 12.8. The maximum Gasteiger partial charge on any atom is 0.272 e. The van der Waals surface area contributed by atoms with Crippen molar-refractivity contribution < 1.29 is 9.59 Å². The Balaban J connectivity index is 1.59. The van der Waals surface area contributed by atoms with E-state index in [1.54, 1.807) is 4.90 Å². The van der Waals surface area contributed by atoms with Gasteiger partial charge in [-0.15, -0.1) is 0 Å². The van der Waals surface area contributed by atoms with Gasteiger partial charge < -0.3 is 15.2 Å². The number of aromatic nitrogens is 2. The number of carbonyl (C=O) groups is 2. The largest absolute Gasteiger partial charge is 0.348 e. The molecule has 2 amide bonds. The van der Waals surface area contributed by atoms with Gasteiger partial charge in [0.15, 0.2) is 5.69 Å². The number of imidazole rings is 1. The Morgan fingerprint density at radius 2 is 1.85 bits per heavy atom. The minimum absolute atomic E-state index is 0.0105. The van der Waals surface area contributed by atoms with E-state index in [1.807, 2.05) is 32.0 Å². The number of hydrogen-bond acceptors (Lipinski definition) is 4. The van der Waals surface area contributed by atoms with Gasteiger partial charge in [-0.05, 0) is 19.4 Å². The normalized spacial score (nSPS) is 15.3. The number of amides is 2. The average molecular weight is 355 g/mol. The van der Waals surface area contributed by atoms with E-state index in [0.29, 0.717) is 13.1 Å². The molecule has 2 heterocycles. The van der Waals surface area contributed by atoms with Crippen LogP contribution in [0.15, 0.2) is 36.7 Å². The van der Waals surface area contributed by atoms with E-state index in [0.717, 1.165) is 19.6 Å². The van der Waals surface area contributed by atoms with Gasteiger partial charge in [-0.1, -0.05) is 30.3 Å². The van der Waals surface area contributed by atoms with Crippen LogP contribution < -0.4 is 5.32 Å².